The second-order valence-electron chi connectivity index (χ2n) is 6.11. The van der Waals surface area contributed by atoms with Gasteiger partial charge in [-0.1, -0.05) is 24.3 Å². The number of rotatable bonds is 3. The molecule has 2 heterocycles. The summed E-state index contributed by atoms with van der Waals surface area (Å²) in [6.07, 6.45) is 4.01. The number of hydrogen-bond donors (Lipinski definition) is 1. The number of aromatic nitrogens is 2. The number of halogens is 1. The maximum absolute atomic E-state index is 12.4. The van der Waals surface area contributed by atoms with Gasteiger partial charge in [-0.25, -0.2) is 4.98 Å². The number of anilines is 1. The first-order valence-electron chi connectivity index (χ1n) is 8.22. The maximum Gasteiger partial charge on any atom is 0.256 e. The quantitative estimate of drug-likeness (QED) is 0.500. The first-order chi connectivity index (χ1) is 12.6. The highest BCUT2D eigenvalue weighted by molar-refractivity contribution is 9.10. The lowest BCUT2D eigenvalue weighted by Gasteiger charge is -2.07. The van der Waals surface area contributed by atoms with Crippen molar-refractivity contribution in [3.8, 4) is 11.3 Å². The number of nitrogens with one attached hydrogen (secondary N) is 1. The van der Waals surface area contributed by atoms with E-state index in [0.29, 0.717) is 5.56 Å². The van der Waals surface area contributed by atoms with E-state index in [1.807, 2.05) is 59.3 Å². The molecule has 0 fully saturated rings. The Morgan fingerprint density at radius 1 is 1.08 bits per heavy atom. The lowest BCUT2D eigenvalue weighted by molar-refractivity contribution is 0.102. The molecule has 2 aromatic heterocycles. The minimum atomic E-state index is -0.145. The van der Waals surface area contributed by atoms with Crippen LogP contribution < -0.4 is 5.32 Å². The Hall–Kier alpha value is -2.92. The normalized spacial score (nSPS) is 10.8. The lowest BCUT2D eigenvalue weighted by atomic mass is 10.1. The van der Waals surface area contributed by atoms with E-state index in [1.54, 1.807) is 6.07 Å². The van der Waals surface area contributed by atoms with Crippen molar-refractivity contribution in [3.63, 3.8) is 0 Å². The molecule has 4 aromatic rings. The van der Waals surface area contributed by atoms with E-state index in [9.17, 15) is 4.79 Å². The molecule has 0 saturated heterocycles. The van der Waals surface area contributed by atoms with Gasteiger partial charge in [0.25, 0.3) is 5.91 Å². The molecule has 0 aliphatic carbocycles. The molecule has 4 nitrogen and oxygen atoms in total. The topological polar surface area (TPSA) is 46.4 Å². The van der Waals surface area contributed by atoms with Gasteiger partial charge in [-0.05, 0) is 64.8 Å². The van der Waals surface area contributed by atoms with Crippen LogP contribution in [-0.4, -0.2) is 15.3 Å². The van der Waals surface area contributed by atoms with Gasteiger partial charge < -0.3 is 9.72 Å². The number of hydrogen-bond acceptors (Lipinski definition) is 2. The molecule has 0 bridgehead atoms. The smallest absolute Gasteiger partial charge is 0.256 e. The van der Waals surface area contributed by atoms with Crippen LogP contribution in [0.1, 0.15) is 15.9 Å². The molecular formula is C21H16BrN3O. The summed E-state index contributed by atoms with van der Waals surface area (Å²) in [5.41, 5.74) is 5.36. The maximum atomic E-state index is 12.4. The SMILES string of the molecule is Cc1ccn2cc(-c3ccc(NC(=O)c4ccccc4Br)cc3)nc2c1. The van der Waals surface area contributed by atoms with Crippen molar-refractivity contribution >= 4 is 33.2 Å². The fourth-order valence-corrected chi connectivity index (χ4v) is 3.26. The van der Waals surface area contributed by atoms with Crippen LogP contribution in [0.5, 0.6) is 0 Å². The van der Waals surface area contributed by atoms with Gasteiger partial charge >= 0.3 is 0 Å². The minimum absolute atomic E-state index is 0.145. The van der Waals surface area contributed by atoms with Crippen LogP contribution in [0.2, 0.25) is 0 Å². The van der Waals surface area contributed by atoms with Gasteiger partial charge in [-0.15, -0.1) is 0 Å². The van der Waals surface area contributed by atoms with E-state index >= 15 is 0 Å². The van der Waals surface area contributed by atoms with Gasteiger partial charge in [-0.3, -0.25) is 4.79 Å². The third-order valence-electron chi connectivity index (χ3n) is 4.17. The Balaban J connectivity index is 1.56. The minimum Gasteiger partial charge on any atom is -0.322 e. The predicted molar refractivity (Wildman–Crippen MR) is 107 cm³/mol. The summed E-state index contributed by atoms with van der Waals surface area (Å²) in [5.74, 6) is -0.145. The second-order valence-corrected chi connectivity index (χ2v) is 6.96. The van der Waals surface area contributed by atoms with Crippen molar-refractivity contribution in [2.45, 2.75) is 6.92 Å². The number of nitrogens with zero attached hydrogens (tertiary/aromatic N) is 2. The molecule has 0 aliphatic rings. The summed E-state index contributed by atoms with van der Waals surface area (Å²) in [7, 11) is 0. The van der Waals surface area contributed by atoms with Crippen molar-refractivity contribution < 1.29 is 4.79 Å². The summed E-state index contributed by atoms with van der Waals surface area (Å²) in [4.78, 5) is 17.0. The van der Waals surface area contributed by atoms with Gasteiger partial charge in [0.15, 0.2) is 0 Å². The molecule has 0 saturated carbocycles. The van der Waals surface area contributed by atoms with Crippen LogP contribution >= 0.6 is 15.9 Å². The monoisotopic (exact) mass is 405 g/mol. The van der Waals surface area contributed by atoms with Crippen molar-refractivity contribution in [1.82, 2.24) is 9.38 Å². The number of pyridine rings is 1. The van der Waals surface area contributed by atoms with Crippen molar-refractivity contribution in [1.29, 1.82) is 0 Å². The van der Waals surface area contributed by atoms with Gasteiger partial charge in [-0.2, -0.15) is 0 Å². The Bertz CT molecular complexity index is 1100. The molecular weight excluding hydrogens is 390 g/mol. The zero-order valence-corrected chi connectivity index (χ0v) is 15.7. The fourth-order valence-electron chi connectivity index (χ4n) is 2.79. The third kappa shape index (κ3) is 3.26. The van der Waals surface area contributed by atoms with E-state index in [1.165, 1.54) is 5.56 Å². The molecule has 0 unspecified atom stereocenters. The Morgan fingerprint density at radius 3 is 2.62 bits per heavy atom. The zero-order valence-electron chi connectivity index (χ0n) is 14.1. The van der Waals surface area contributed by atoms with Gasteiger partial charge in [0, 0.05) is 28.1 Å². The third-order valence-corrected chi connectivity index (χ3v) is 4.86. The molecule has 0 spiro atoms. The van der Waals surface area contributed by atoms with E-state index in [2.05, 4.69) is 45.3 Å². The van der Waals surface area contributed by atoms with Crippen LogP contribution in [0.15, 0.2) is 77.5 Å². The van der Waals surface area contributed by atoms with E-state index in [-0.39, 0.29) is 5.91 Å². The molecule has 4 rings (SSSR count). The fraction of sp³-hybridized carbons (Fsp3) is 0.0476. The van der Waals surface area contributed by atoms with Crippen molar-refractivity contribution in [2.24, 2.45) is 0 Å². The van der Waals surface area contributed by atoms with E-state index < -0.39 is 0 Å². The van der Waals surface area contributed by atoms with E-state index in [0.717, 1.165) is 27.1 Å². The number of imidazole rings is 1. The van der Waals surface area contributed by atoms with Crippen LogP contribution in [0, 0.1) is 6.92 Å². The van der Waals surface area contributed by atoms with Crippen molar-refractivity contribution in [3.05, 3.63) is 88.7 Å². The number of carbonyl (C=O) groups excluding carboxylic acids is 1. The Kier molecular flexibility index (Phi) is 4.31. The largest absolute Gasteiger partial charge is 0.322 e. The summed E-state index contributed by atoms with van der Waals surface area (Å²) in [5, 5.41) is 2.92. The second kappa shape index (κ2) is 6.77. The summed E-state index contributed by atoms with van der Waals surface area (Å²) < 4.78 is 2.78. The van der Waals surface area contributed by atoms with Crippen molar-refractivity contribution in [2.75, 3.05) is 5.32 Å². The highest BCUT2D eigenvalue weighted by Crippen LogP contribution is 2.23. The first-order valence-corrected chi connectivity index (χ1v) is 9.01. The molecule has 0 radical (unpaired) electrons. The molecule has 1 N–H and O–H groups in total. The number of fused-ring (bicyclic) bond motifs is 1. The van der Waals surface area contributed by atoms with E-state index in [4.69, 9.17) is 0 Å². The lowest BCUT2D eigenvalue weighted by Crippen LogP contribution is -2.12. The van der Waals surface area contributed by atoms with Crippen LogP contribution in [-0.2, 0) is 0 Å². The van der Waals surface area contributed by atoms with Crippen LogP contribution in [0.4, 0.5) is 5.69 Å². The van der Waals surface area contributed by atoms with Crippen LogP contribution in [0.3, 0.4) is 0 Å². The molecule has 128 valence electrons. The molecule has 0 aliphatic heterocycles. The van der Waals surface area contributed by atoms with Gasteiger partial charge in [0.05, 0.1) is 11.3 Å². The number of carbonyl (C=O) groups is 1. The summed E-state index contributed by atoms with van der Waals surface area (Å²) in [6, 6.07) is 19.2. The number of benzene rings is 2. The summed E-state index contributed by atoms with van der Waals surface area (Å²) in [6.45, 7) is 2.05. The average Bonchev–Trinajstić information content (AvgIpc) is 3.05. The molecule has 5 heteroatoms. The standard InChI is InChI=1S/C21H16BrN3O/c1-14-10-11-25-13-19(24-20(25)12-14)15-6-8-16(9-7-15)23-21(26)17-4-2-3-5-18(17)22/h2-13H,1H3,(H,23,26). The zero-order chi connectivity index (χ0) is 18.1. The van der Waals surface area contributed by atoms with Gasteiger partial charge in [0.1, 0.15) is 5.65 Å². The highest BCUT2D eigenvalue weighted by atomic mass is 79.9. The van der Waals surface area contributed by atoms with Gasteiger partial charge in [0.2, 0.25) is 0 Å². The Labute approximate surface area is 159 Å². The number of amides is 1. The Morgan fingerprint density at radius 2 is 1.85 bits per heavy atom. The number of aryl methyl sites for hydroxylation is 1. The molecule has 26 heavy (non-hydrogen) atoms. The first kappa shape index (κ1) is 16.5. The molecule has 1 amide bonds. The van der Waals surface area contributed by atoms with Crippen LogP contribution in [0.25, 0.3) is 16.9 Å². The predicted octanol–water partition coefficient (Wildman–Crippen LogP) is 5.32. The summed E-state index contributed by atoms with van der Waals surface area (Å²) >= 11 is 3.40. The molecule has 2 aromatic carbocycles. The average molecular weight is 406 g/mol. The molecule has 0 atom stereocenters. The highest BCUT2D eigenvalue weighted by Gasteiger charge is 2.10.